The number of rotatable bonds is 17. The Labute approximate surface area is 379 Å². The molecule has 0 unspecified atom stereocenters. The Morgan fingerprint density at radius 2 is 1.70 bits per heavy atom. The zero-order valence-corrected chi connectivity index (χ0v) is 38.3. The number of anilines is 1. The first-order valence-electron chi connectivity index (χ1n) is 22.4. The van der Waals surface area contributed by atoms with Crippen molar-refractivity contribution in [3.05, 3.63) is 107 Å². The predicted molar refractivity (Wildman–Crippen MR) is 248 cm³/mol. The minimum absolute atomic E-state index is 0.00877. The number of halogens is 1. The number of aryl methyl sites for hydroxylation is 1. The number of hydrogen-bond acceptors (Lipinski definition) is 10. The van der Waals surface area contributed by atoms with Gasteiger partial charge in [0.25, 0.3) is 0 Å². The third-order valence-electron chi connectivity index (χ3n) is 12.7. The van der Waals surface area contributed by atoms with Crippen LogP contribution < -0.4 is 20.7 Å². The number of ether oxygens (including phenoxy) is 2. The maximum Gasteiger partial charge on any atom is 0.243 e. The molecule has 2 fully saturated rings. The van der Waals surface area contributed by atoms with Crippen molar-refractivity contribution in [3.8, 4) is 16.2 Å². The van der Waals surface area contributed by atoms with Crippen molar-refractivity contribution >= 4 is 45.6 Å². The van der Waals surface area contributed by atoms with E-state index < -0.39 is 23.6 Å². The molecule has 64 heavy (non-hydrogen) atoms. The number of aromatic nitrogens is 2. The van der Waals surface area contributed by atoms with Gasteiger partial charge in [-0.2, -0.15) is 0 Å². The average molecular weight is 893 g/mol. The number of benzene rings is 3. The van der Waals surface area contributed by atoms with E-state index in [4.69, 9.17) is 9.47 Å². The van der Waals surface area contributed by atoms with Crippen LogP contribution in [0.3, 0.4) is 0 Å². The molecular weight excluding hydrogens is 832 g/mol. The second kappa shape index (κ2) is 21.1. The van der Waals surface area contributed by atoms with Crippen LogP contribution in [0.1, 0.15) is 82.5 Å². The van der Waals surface area contributed by atoms with E-state index in [1.54, 1.807) is 29.7 Å². The van der Waals surface area contributed by atoms with Crippen molar-refractivity contribution < 1.29 is 33.4 Å². The van der Waals surface area contributed by atoms with E-state index in [2.05, 4.69) is 25.9 Å². The summed E-state index contributed by atoms with van der Waals surface area (Å²) in [5, 5.41) is 20.8. The molecule has 3 amide bonds. The van der Waals surface area contributed by atoms with E-state index in [9.17, 15) is 23.9 Å². The van der Waals surface area contributed by atoms with Gasteiger partial charge in [-0.15, -0.1) is 11.3 Å². The fraction of sp³-hybridized carbons (Fsp3) is 0.460. The third-order valence-corrected chi connectivity index (χ3v) is 13.7. The number of nitrogens with one attached hydrogen (secondary N) is 3. The molecule has 1 saturated heterocycles. The van der Waals surface area contributed by atoms with E-state index in [-0.39, 0.29) is 48.3 Å². The van der Waals surface area contributed by atoms with Crippen LogP contribution >= 0.6 is 11.3 Å². The first-order chi connectivity index (χ1) is 30.7. The van der Waals surface area contributed by atoms with Gasteiger partial charge in [0, 0.05) is 49.2 Å². The number of hydrogen-bond donors (Lipinski definition) is 4. The Morgan fingerprint density at radius 1 is 0.953 bits per heavy atom. The lowest BCUT2D eigenvalue weighted by Gasteiger charge is -2.35. The maximum atomic E-state index is 14.0. The minimum atomic E-state index is -0.790. The first kappa shape index (κ1) is 46.7. The number of likely N-dealkylation sites (tertiary alicyclic amines) is 1. The summed E-state index contributed by atoms with van der Waals surface area (Å²) < 4.78 is 25.8. The van der Waals surface area contributed by atoms with E-state index >= 15 is 0 Å². The number of aliphatic hydroxyl groups is 1. The molecule has 3 heterocycles. The number of β-amino-alcohol motifs (C(OH)–C–C–N with tert-alkyl or cyclic N) is 1. The molecule has 7 rings (SSSR count). The molecule has 12 nitrogen and oxygen atoms in total. The zero-order chi connectivity index (χ0) is 45.4. The van der Waals surface area contributed by atoms with Crippen molar-refractivity contribution in [2.45, 2.75) is 97.4 Å². The van der Waals surface area contributed by atoms with Gasteiger partial charge in [-0.3, -0.25) is 19.4 Å². The molecule has 5 aromatic rings. The molecular formula is C50H61FN6O6S. The number of carbonyl (C=O) groups is 3. The quantitative estimate of drug-likeness (QED) is 0.0680. The normalized spacial score (nSPS) is 19.9. The molecule has 2 aromatic heterocycles. The Morgan fingerprint density at radius 3 is 2.41 bits per heavy atom. The number of thiazole rings is 1. The highest BCUT2D eigenvalue weighted by atomic mass is 32.1. The molecule has 1 aliphatic heterocycles. The third kappa shape index (κ3) is 11.7. The number of aliphatic hydroxyl groups excluding tert-OH is 1. The van der Waals surface area contributed by atoms with Crippen LogP contribution in [-0.2, 0) is 25.7 Å². The molecule has 0 bridgehead atoms. The SMILES string of the molecule is Cc1ncsc1-c1ccc(CNC(=O)[C@H]2C[C@@H](O)CN2C(=O)[C@@H](NCCOCCOc2ccc(NC(=O)[C@H](C)C3CCC(c4ccnc5ccc(F)cc45)CC3)cc2)C(C)(C)C)cc1. The van der Waals surface area contributed by atoms with E-state index in [0.717, 1.165) is 63.8 Å². The second-order valence-corrected chi connectivity index (χ2v) is 19.1. The molecule has 0 radical (unpaired) electrons. The summed E-state index contributed by atoms with van der Waals surface area (Å²) in [6, 6.07) is 20.7. The average Bonchev–Trinajstić information content (AvgIpc) is 3.91. The van der Waals surface area contributed by atoms with Crippen molar-refractivity contribution in [1.29, 1.82) is 0 Å². The monoisotopic (exact) mass is 892 g/mol. The van der Waals surface area contributed by atoms with Crippen LogP contribution in [-0.4, -0.2) is 88.8 Å². The highest BCUT2D eigenvalue weighted by Crippen LogP contribution is 2.41. The number of amides is 3. The minimum Gasteiger partial charge on any atom is -0.491 e. The van der Waals surface area contributed by atoms with E-state index in [1.165, 1.54) is 11.0 Å². The fourth-order valence-electron chi connectivity index (χ4n) is 9.02. The first-order valence-corrected chi connectivity index (χ1v) is 23.3. The summed E-state index contributed by atoms with van der Waals surface area (Å²) in [7, 11) is 0. The standard InChI is InChI=1S/C50H61FN6O6S/c1-31(34-10-12-35(13-11-34)41-20-21-52-43-19-14-37(51)26-42(41)43)47(59)56-38-15-17-40(18-16-38)63-25-24-62-23-22-53-46(50(3,4)5)49(61)57-29-39(58)27-44(57)48(60)54-28-33-6-8-36(9-7-33)45-32(2)55-30-64-45/h6-9,14-21,26,30-31,34-35,39,44,46,53,58H,10-13,22-25,27-29H2,1-5H3,(H,54,60)(H,56,59)/t31-,34?,35?,39-,44-,46-/m1/s1. The van der Waals surface area contributed by atoms with Gasteiger partial charge in [-0.25, -0.2) is 9.37 Å². The Bertz CT molecular complexity index is 2360. The highest BCUT2D eigenvalue weighted by Gasteiger charge is 2.43. The Hall–Kier alpha value is -5.28. The van der Waals surface area contributed by atoms with Gasteiger partial charge < -0.3 is 35.4 Å². The topological polar surface area (TPSA) is 155 Å². The van der Waals surface area contributed by atoms with Gasteiger partial charge in [0.2, 0.25) is 17.7 Å². The molecule has 1 aliphatic carbocycles. The lowest BCUT2D eigenvalue weighted by atomic mass is 9.73. The number of nitrogens with zero attached hydrogens (tertiary/aromatic N) is 3. The van der Waals surface area contributed by atoms with Gasteiger partial charge in [-0.1, -0.05) is 52.0 Å². The molecule has 1 saturated carbocycles. The van der Waals surface area contributed by atoms with Crippen LogP contribution in [0.2, 0.25) is 0 Å². The van der Waals surface area contributed by atoms with Crippen molar-refractivity contribution in [3.63, 3.8) is 0 Å². The number of carbonyl (C=O) groups excluding carboxylic acids is 3. The van der Waals surface area contributed by atoms with Gasteiger partial charge in [0.15, 0.2) is 0 Å². The van der Waals surface area contributed by atoms with Crippen molar-refractivity contribution in [2.24, 2.45) is 17.3 Å². The lowest BCUT2D eigenvalue weighted by molar-refractivity contribution is -0.142. The van der Waals surface area contributed by atoms with Gasteiger partial charge >= 0.3 is 0 Å². The number of fused-ring (bicyclic) bond motifs is 1. The molecule has 3 aromatic carbocycles. The summed E-state index contributed by atoms with van der Waals surface area (Å²) >= 11 is 1.59. The molecule has 0 spiro atoms. The molecule has 2 aliphatic rings. The van der Waals surface area contributed by atoms with Crippen LogP contribution in [0.25, 0.3) is 21.3 Å². The van der Waals surface area contributed by atoms with E-state index in [1.807, 2.05) is 94.7 Å². The summed E-state index contributed by atoms with van der Waals surface area (Å²) in [6.45, 7) is 11.7. The van der Waals surface area contributed by atoms with Gasteiger partial charge in [0.1, 0.15) is 24.2 Å². The number of pyridine rings is 1. The van der Waals surface area contributed by atoms with Crippen molar-refractivity contribution in [1.82, 2.24) is 25.5 Å². The van der Waals surface area contributed by atoms with Crippen LogP contribution in [0.5, 0.6) is 5.75 Å². The van der Waals surface area contributed by atoms with Crippen LogP contribution in [0, 0.1) is 30.0 Å². The molecule has 340 valence electrons. The Kier molecular flexibility index (Phi) is 15.4. The molecule has 14 heteroatoms. The fourth-order valence-corrected chi connectivity index (χ4v) is 9.83. The summed E-state index contributed by atoms with van der Waals surface area (Å²) in [5.74, 6) is 0.298. The van der Waals surface area contributed by atoms with Gasteiger partial charge in [0.05, 0.1) is 47.0 Å². The van der Waals surface area contributed by atoms with Crippen LogP contribution in [0.15, 0.2) is 84.5 Å². The van der Waals surface area contributed by atoms with Crippen molar-refractivity contribution in [2.75, 3.05) is 38.2 Å². The summed E-state index contributed by atoms with van der Waals surface area (Å²) in [4.78, 5) is 52.0. The molecule has 4 N–H and O–H groups in total. The highest BCUT2D eigenvalue weighted by molar-refractivity contribution is 7.13. The maximum absolute atomic E-state index is 14.0. The molecule has 4 atom stereocenters. The van der Waals surface area contributed by atoms with Crippen LogP contribution in [0.4, 0.5) is 10.1 Å². The summed E-state index contributed by atoms with van der Waals surface area (Å²) in [6.07, 6.45) is 4.93. The predicted octanol–water partition coefficient (Wildman–Crippen LogP) is 8.03. The lowest BCUT2D eigenvalue weighted by Crippen LogP contribution is -2.57. The Balaban J connectivity index is 0.800. The second-order valence-electron chi connectivity index (χ2n) is 18.3. The summed E-state index contributed by atoms with van der Waals surface area (Å²) in [5.41, 5.74) is 6.99. The smallest absolute Gasteiger partial charge is 0.243 e. The van der Waals surface area contributed by atoms with E-state index in [0.29, 0.717) is 50.3 Å². The largest absolute Gasteiger partial charge is 0.491 e. The zero-order valence-electron chi connectivity index (χ0n) is 37.4. The van der Waals surface area contributed by atoms with Gasteiger partial charge in [-0.05, 0) is 115 Å².